The van der Waals surface area contributed by atoms with Crippen molar-refractivity contribution in [2.24, 2.45) is 0 Å². The fourth-order valence-electron chi connectivity index (χ4n) is 1.90. The molecule has 5 nitrogen and oxygen atoms in total. The predicted molar refractivity (Wildman–Crippen MR) is 81.1 cm³/mol. The molecule has 0 spiro atoms. The maximum Gasteiger partial charge on any atom is 0.258 e. The Morgan fingerprint density at radius 2 is 1.71 bits per heavy atom. The van der Waals surface area contributed by atoms with E-state index in [1.54, 1.807) is 0 Å². The number of benzene rings is 2. The second-order valence-electron chi connectivity index (χ2n) is 4.63. The highest BCUT2D eigenvalue weighted by molar-refractivity contribution is 5.84. The van der Waals surface area contributed by atoms with Crippen molar-refractivity contribution in [2.45, 2.75) is 6.92 Å². The van der Waals surface area contributed by atoms with Gasteiger partial charge in [0.1, 0.15) is 5.75 Å². The van der Waals surface area contributed by atoms with E-state index < -0.39 is 0 Å². The Morgan fingerprint density at radius 1 is 1.00 bits per heavy atom. The molecular formula is C16H18N2O3. The summed E-state index contributed by atoms with van der Waals surface area (Å²) >= 11 is 0. The van der Waals surface area contributed by atoms with Gasteiger partial charge < -0.3 is 15.4 Å². The molecule has 2 amide bonds. The fourth-order valence-corrected chi connectivity index (χ4v) is 1.90. The minimum atomic E-state index is -0.214. The van der Waals surface area contributed by atoms with Crippen molar-refractivity contribution in [2.75, 3.05) is 19.7 Å². The lowest BCUT2D eigenvalue weighted by molar-refractivity contribution is -0.123. The van der Waals surface area contributed by atoms with Gasteiger partial charge in [0, 0.05) is 20.0 Å². The largest absolute Gasteiger partial charge is 0.484 e. The number of ether oxygens (including phenoxy) is 1. The number of carbonyl (C=O) groups excluding carboxylic acids is 2. The summed E-state index contributed by atoms with van der Waals surface area (Å²) in [6.45, 7) is 2.19. The third kappa shape index (κ3) is 4.80. The van der Waals surface area contributed by atoms with Crippen LogP contribution in [0.4, 0.5) is 0 Å². The van der Waals surface area contributed by atoms with Gasteiger partial charge in [0.25, 0.3) is 5.91 Å². The predicted octanol–water partition coefficient (Wildman–Crippen LogP) is 1.47. The number of nitrogens with one attached hydrogen (secondary N) is 2. The Morgan fingerprint density at radius 3 is 2.48 bits per heavy atom. The lowest BCUT2D eigenvalue weighted by atomic mass is 10.1. The lowest BCUT2D eigenvalue weighted by Gasteiger charge is -2.08. The minimum Gasteiger partial charge on any atom is -0.484 e. The Hall–Kier alpha value is -2.56. The molecule has 110 valence electrons. The van der Waals surface area contributed by atoms with Crippen LogP contribution in [0.5, 0.6) is 5.75 Å². The molecule has 21 heavy (non-hydrogen) atoms. The van der Waals surface area contributed by atoms with Crippen molar-refractivity contribution in [3.63, 3.8) is 0 Å². The zero-order valence-corrected chi connectivity index (χ0v) is 11.9. The van der Waals surface area contributed by atoms with Crippen LogP contribution >= 0.6 is 0 Å². The van der Waals surface area contributed by atoms with E-state index in [0.29, 0.717) is 18.8 Å². The average molecular weight is 286 g/mol. The Bertz CT molecular complexity index is 640. The monoisotopic (exact) mass is 286 g/mol. The van der Waals surface area contributed by atoms with Crippen LogP contribution in [0.15, 0.2) is 42.5 Å². The third-order valence-corrected chi connectivity index (χ3v) is 2.91. The average Bonchev–Trinajstić information content (AvgIpc) is 2.49. The van der Waals surface area contributed by atoms with Crippen molar-refractivity contribution >= 4 is 22.6 Å². The quantitative estimate of drug-likeness (QED) is 0.790. The second kappa shape index (κ2) is 7.28. The fraction of sp³-hybridized carbons (Fsp3) is 0.250. The van der Waals surface area contributed by atoms with Gasteiger partial charge in [0.2, 0.25) is 5.91 Å². The number of rotatable bonds is 6. The molecule has 0 atom stereocenters. The molecule has 0 unspecified atom stereocenters. The summed E-state index contributed by atoms with van der Waals surface area (Å²) in [4.78, 5) is 22.2. The molecule has 0 aliphatic heterocycles. The van der Waals surface area contributed by atoms with Crippen LogP contribution in [0.2, 0.25) is 0 Å². The highest BCUT2D eigenvalue weighted by Gasteiger charge is 2.03. The first kappa shape index (κ1) is 14.8. The first-order valence-electron chi connectivity index (χ1n) is 6.78. The van der Waals surface area contributed by atoms with Gasteiger partial charge in [0.15, 0.2) is 6.61 Å². The molecule has 0 heterocycles. The van der Waals surface area contributed by atoms with Crippen LogP contribution in [-0.4, -0.2) is 31.5 Å². The van der Waals surface area contributed by atoms with E-state index in [4.69, 9.17) is 4.74 Å². The molecule has 0 fully saturated rings. The van der Waals surface area contributed by atoms with Gasteiger partial charge in [-0.15, -0.1) is 0 Å². The van der Waals surface area contributed by atoms with Crippen LogP contribution in [0, 0.1) is 0 Å². The smallest absolute Gasteiger partial charge is 0.258 e. The van der Waals surface area contributed by atoms with Crippen LogP contribution in [0.25, 0.3) is 10.8 Å². The molecule has 2 rings (SSSR count). The Balaban J connectivity index is 1.78. The van der Waals surface area contributed by atoms with E-state index in [1.165, 1.54) is 6.92 Å². The topological polar surface area (TPSA) is 67.4 Å². The Labute approximate surface area is 123 Å². The van der Waals surface area contributed by atoms with Gasteiger partial charge in [-0.25, -0.2) is 0 Å². The van der Waals surface area contributed by atoms with Crippen LogP contribution < -0.4 is 15.4 Å². The second-order valence-corrected chi connectivity index (χ2v) is 4.63. The lowest BCUT2D eigenvalue weighted by Crippen LogP contribution is -2.36. The van der Waals surface area contributed by atoms with Crippen LogP contribution in [0.1, 0.15) is 6.92 Å². The van der Waals surface area contributed by atoms with Crippen LogP contribution in [0.3, 0.4) is 0 Å². The molecule has 0 saturated heterocycles. The number of hydrogen-bond acceptors (Lipinski definition) is 3. The van der Waals surface area contributed by atoms with Crippen molar-refractivity contribution in [3.8, 4) is 5.75 Å². The summed E-state index contributed by atoms with van der Waals surface area (Å²) in [7, 11) is 0. The van der Waals surface area contributed by atoms with Crippen molar-refractivity contribution < 1.29 is 14.3 Å². The van der Waals surface area contributed by atoms with Crippen LogP contribution in [-0.2, 0) is 9.59 Å². The first-order chi connectivity index (χ1) is 10.1. The molecular weight excluding hydrogens is 268 g/mol. The highest BCUT2D eigenvalue weighted by Crippen LogP contribution is 2.20. The van der Waals surface area contributed by atoms with Gasteiger partial charge in [0.05, 0.1) is 0 Å². The summed E-state index contributed by atoms with van der Waals surface area (Å²) in [6, 6.07) is 13.7. The minimum absolute atomic E-state index is 0.0432. The standard InChI is InChI=1S/C16H18N2O3/c1-12(19)17-8-9-18-16(20)11-21-15-7-6-13-4-2-3-5-14(13)10-15/h2-7,10H,8-9,11H2,1H3,(H,17,19)(H,18,20). The van der Waals surface area contributed by atoms with Gasteiger partial charge in [-0.3, -0.25) is 9.59 Å². The molecule has 0 bridgehead atoms. The van der Waals surface area contributed by atoms with Crippen molar-refractivity contribution in [1.29, 1.82) is 0 Å². The summed E-state index contributed by atoms with van der Waals surface area (Å²) in [5.74, 6) is 0.330. The maximum absolute atomic E-state index is 11.6. The van der Waals surface area contributed by atoms with Crippen molar-refractivity contribution in [1.82, 2.24) is 10.6 Å². The normalized spacial score (nSPS) is 10.1. The van der Waals surface area contributed by atoms with E-state index in [-0.39, 0.29) is 18.4 Å². The molecule has 0 aromatic heterocycles. The van der Waals surface area contributed by atoms with E-state index in [1.807, 2.05) is 42.5 Å². The molecule has 2 N–H and O–H groups in total. The van der Waals surface area contributed by atoms with Crippen molar-refractivity contribution in [3.05, 3.63) is 42.5 Å². The van der Waals surface area contributed by atoms with Gasteiger partial charge in [-0.2, -0.15) is 0 Å². The molecule has 2 aromatic rings. The molecule has 0 radical (unpaired) electrons. The zero-order valence-electron chi connectivity index (χ0n) is 11.9. The summed E-state index contributed by atoms with van der Waals surface area (Å²) in [5, 5.41) is 7.47. The summed E-state index contributed by atoms with van der Waals surface area (Å²) in [5.41, 5.74) is 0. The SMILES string of the molecule is CC(=O)NCCNC(=O)COc1ccc2ccccc2c1. The van der Waals surface area contributed by atoms with E-state index in [0.717, 1.165) is 10.8 Å². The number of amides is 2. The number of fused-ring (bicyclic) bond motifs is 1. The zero-order chi connectivity index (χ0) is 15.1. The molecule has 0 saturated carbocycles. The summed E-state index contributed by atoms with van der Waals surface area (Å²) < 4.78 is 5.45. The maximum atomic E-state index is 11.6. The Kier molecular flexibility index (Phi) is 5.15. The molecule has 2 aromatic carbocycles. The summed E-state index contributed by atoms with van der Waals surface area (Å²) in [6.07, 6.45) is 0. The highest BCUT2D eigenvalue weighted by atomic mass is 16.5. The van der Waals surface area contributed by atoms with Gasteiger partial charge >= 0.3 is 0 Å². The van der Waals surface area contributed by atoms with E-state index in [2.05, 4.69) is 10.6 Å². The van der Waals surface area contributed by atoms with E-state index >= 15 is 0 Å². The van der Waals surface area contributed by atoms with Gasteiger partial charge in [-0.05, 0) is 22.9 Å². The first-order valence-corrected chi connectivity index (χ1v) is 6.78. The third-order valence-electron chi connectivity index (χ3n) is 2.91. The number of hydrogen-bond donors (Lipinski definition) is 2. The molecule has 0 aliphatic carbocycles. The molecule has 5 heteroatoms. The molecule has 0 aliphatic rings. The number of carbonyl (C=O) groups is 2. The van der Waals surface area contributed by atoms with E-state index in [9.17, 15) is 9.59 Å². The van der Waals surface area contributed by atoms with Gasteiger partial charge in [-0.1, -0.05) is 30.3 Å².